The van der Waals surface area contributed by atoms with Crippen molar-refractivity contribution in [3.63, 3.8) is 0 Å². The number of fused-ring (bicyclic) bond motifs is 21. The highest BCUT2D eigenvalue weighted by molar-refractivity contribution is 7.25. The van der Waals surface area contributed by atoms with E-state index in [0.717, 1.165) is 166 Å². The van der Waals surface area contributed by atoms with Crippen LogP contribution in [0.2, 0.25) is 0 Å². The van der Waals surface area contributed by atoms with Gasteiger partial charge in [0, 0.05) is 130 Å². The molecule has 0 spiro atoms. The summed E-state index contributed by atoms with van der Waals surface area (Å²) in [6, 6.07) is 148. The number of aromatic nitrogens is 6. The maximum atomic E-state index is 6.39. The third-order valence-electron chi connectivity index (χ3n) is 24.7. The first-order valence-electron chi connectivity index (χ1n) is 42.6. The SMILES string of the molecule is c1ccc(-c2cc(-c3cccc(-c4cccc5c4oc4ccccc45)c3)nc(-c3cccc(-c4ccc5oc6ccccc6c5c4)c3)n2)cc1.c1ccc(-c2cc(-c3cccc4c3oc3ccccc34)nc(-c3cccc4c3oc3ccccc34)n2)cc1.c1ccc2c(c1)sc1ccc(-n3c4ccccc4c4cc(-n5c6ccccc6c6ccccc65)ccc43)cc12. The first-order valence-corrected chi connectivity index (χ1v) is 43.4. The first-order chi connectivity index (χ1) is 62.9. The third kappa shape index (κ3) is 12.5. The van der Waals surface area contributed by atoms with Crippen molar-refractivity contribution in [2.45, 2.75) is 0 Å². The van der Waals surface area contributed by atoms with Gasteiger partial charge in [-0.3, -0.25) is 0 Å². The van der Waals surface area contributed by atoms with E-state index in [0.29, 0.717) is 11.6 Å². The van der Waals surface area contributed by atoms with Gasteiger partial charge in [0.2, 0.25) is 0 Å². The van der Waals surface area contributed by atoms with Crippen molar-refractivity contribution in [1.82, 2.24) is 29.1 Å². The fraction of sp³-hybridized carbons (Fsp3) is 0. The third-order valence-corrected chi connectivity index (χ3v) is 25.9. The van der Waals surface area contributed by atoms with Crippen LogP contribution in [0.5, 0.6) is 0 Å². The van der Waals surface area contributed by atoms with E-state index >= 15 is 0 Å². The highest BCUT2D eigenvalue weighted by atomic mass is 32.1. The normalized spacial score (nSPS) is 11.8. The Morgan fingerprint density at radius 3 is 1.16 bits per heavy atom. The van der Waals surface area contributed by atoms with Crippen LogP contribution < -0.4 is 0 Å². The van der Waals surface area contributed by atoms with Gasteiger partial charge in [-0.05, 0) is 150 Å². The van der Waals surface area contributed by atoms with E-state index < -0.39 is 0 Å². The second-order valence-electron chi connectivity index (χ2n) is 32.2. The molecule has 27 rings (SSSR count). The van der Waals surface area contributed by atoms with Crippen LogP contribution in [-0.4, -0.2) is 29.1 Å². The maximum absolute atomic E-state index is 6.39. The topological polar surface area (TPSA) is 114 Å². The number of hydrogen-bond acceptors (Lipinski definition) is 9. The lowest BCUT2D eigenvalue weighted by molar-refractivity contribution is 0.668. The minimum absolute atomic E-state index is 0.610. The van der Waals surface area contributed by atoms with Crippen molar-refractivity contribution in [2.75, 3.05) is 0 Å². The summed E-state index contributed by atoms with van der Waals surface area (Å²) in [7, 11) is 0. The van der Waals surface area contributed by atoms with Crippen molar-refractivity contribution in [1.29, 1.82) is 0 Å². The van der Waals surface area contributed by atoms with Gasteiger partial charge in [0.25, 0.3) is 0 Å². The van der Waals surface area contributed by atoms with Crippen LogP contribution in [0.4, 0.5) is 0 Å². The predicted octanol–water partition coefficient (Wildman–Crippen LogP) is 32.1. The van der Waals surface area contributed by atoms with Gasteiger partial charge in [0.1, 0.15) is 44.7 Å². The lowest BCUT2D eigenvalue weighted by Gasteiger charge is -2.12. The quantitative estimate of drug-likeness (QED) is 0.133. The zero-order valence-electron chi connectivity index (χ0n) is 68.1. The maximum Gasteiger partial charge on any atom is 0.164 e. The zero-order valence-corrected chi connectivity index (χ0v) is 69.0. The summed E-state index contributed by atoms with van der Waals surface area (Å²) in [5, 5.41) is 16.5. The van der Waals surface area contributed by atoms with Crippen LogP contribution >= 0.6 is 11.3 Å². The Bertz CT molecular complexity index is 8890. The smallest absolute Gasteiger partial charge is 0.164 e. The molecule has 27 aromatic rings. The molecule has 0 unspecified atom stereocenters. The van der Waals surface area contributed by atoms with Crippen molar-refractivity contribution in [2.24, 2.45) is 0 Å². The fourth-order valence-electron chi connectivity index (χ4n) is 18.8. The minimum Gasteiger partial charge on any atom is -0.456 e. The molecule has 9 heterocycles. The second-order valence-corrected chi connectivity index (χ2v) is 33.3. The Morgan fingerprint density at radius 1 is 0.181 bits per heavy atom. The van der Waals surface area contributed by atoms with Crippen LogP contribution in [0.3, 0.4) is 0 Å². The fourth-order valence-corrected chi connectivity index (χ4v) is 19.9. The molecule has 9 aromatic heterocycles. The van der Waals surface area contributed by atoms with Crippen LogP contribution in [0.15, 0.2) is 442 Å². The molecule has 594 valence electrons. The summed E-state index contributed by atoms with van der Waals surface area (Å²) in [5.41, 5.74) is 27.6. The second kappa shape index (κ2) is 30.0. The summed E-state index contributed by atoms with van der Waals surface area (Å²) in [5.74, 6) is 1.28. The summed E-state index contributed by atoms with van der Waals surface area (Å²) in [4.78, 5) is 20.5. The van der Waals surface area contributed by atoms with E-state index in [4.69, 9.17) is 37.6 Å². The molecule has 127 heavy (non-hydrogen) atoms. The van der Waals surface area contributed by atoms with Gasteiger partial charge in [-0.15, -0.1) is 11.3 Å². The van der Waals surface area contributed by atoms with Gasteiger partial charge in [-0.1, -0.05) is 291 Å². The molecule has 0 saturated heterocycles. The van der Waals surface area contributed by atoms with Gasteiger partial charge in [-0.25, -0.2) is 19.9 Å². The average Bonchev–Trinajstić information content (AvgIpc) is 1.57. The molecule has 0 amide bonds. The molecule has 18 aromatic carbocycles. The lowest BCUT2D eigenvalue weighted by atomic mass is 9.98. The molecule has 11 heteroatoms. The predicted molar refractivity (Wildman–Crippen MR) is 525 cm³/mol. The average molecular weight is 1640 g/mol. The van der Waals surface area contributed by atoms with Crippen LogP contribution in [-0.2, 0) is 0 Å². The van der Waals surface area contributed by atoms with Crippen molar-refractivity contribution in [3.05, 3.63) is 425 Å². The van der Waals surface area contributed by atoms with Gasteiger partial charge in [0.05, 0.1) is 50.4 Å². The Balaban J connectivity index is 0.000000105. The molecule has 0 bridgehead atoms. The largest absolute Gasteiger partial charge is 0.456 e. The summed E-state index contributed by atoms with van der Waals surface area (Å²) >= 11 is 1.86. The summed E-state index contributed by atoms with van der Waals surface area (Å²) in [6.07, 6.45) is 0. The molecule has 0 saturated carbocycles. The van der Waals surface area contributed by atoms with E-state index in [-0.39, 0.29) is 0 Å². The van der Waals surface area contributed by atoms with E-state index in [1.165, 1.54) is 75.2 Å². The number of rotatable bonds is 10. The minimum atomic E-state index is 0.610. The molecule has 0 aliphatic carbocycles. The summed E-state index contributed by atoms with van der Waals surface area (Å²) in [6.45, 7) is 0. The van der Waals surface area contributed by atoms with Gasteiger partial charge in [0.15, 0.2) is 11.6 Å². The van der Waals surface area contributed by atoms with E-state index in [1.807, 2.05) is 133 Å². The number of furan rings is 4. The standard InChI is InChI=1S/C46H28N2O2.C36H22N2S.C34H20N2O2/c1-2-11-29(12-3-1)40-28-41(33-15-9-14-32(26-33)35-19-10-20-38-36-17-4-7-22-43(36)50-45(35)38)48-46(47-40)34-16-8-13-30(25-34)31-23-24-44-39(27-31)37-18-5-6-21-42(37)49-44;1-5-13-31-25(9-1)26-10-2-6-14-32(26)37(31)23-17-19-34-29(21-23)27-11-3-7-15-33(27)38(34)24-18-20-36-30(22-24)28-12-4-8-16-35(28)39-36;1-2-10-21(11-3-1)28-20-29(26-16-8-14-24-22-12-4-6-18-30(22)37-32(24)26)36-34(35-28)27-17-9-15-25-23-13-5-7-19-31(23)38-33(25)27/h1-28H;1-22H;1-20H. The van der Waals surface area contributed by atoms with Crippen LogP contribution in [0.25, 0.3) is 253 Å². The Hall–Kier alpha value is -16.9. The Morgan fingerprint density at radius 2 is 0.551 bits per heavy atom. The van der Waals surface area contributed by atoms with Crippen LogP contribution in [0, 0.1) is 0 Å². The molecule has 0 aliphatic rings. The number of para-hydroxylation sites is 10. The number of thiophene rings is 1. The van der Waals surface area contributed by atoms with E-state index in [2.05, 4.69) is 312 Å². The van der Waals surface area contributed by atoms with Gasteiger partial charge < -0.3 is 26.8 Å². The Kier molecular flexibility index (Phi) is 17.2. The molecule has 0 fully saturated rings. The first kappa shape index (κ1) is 72.9. The molecule has 0 N–H and O–H groups in total. The number of hydrogen-bond donors (Lipinski definition) is 0. The Labute approximate surface area is 730 Å². The van der Waals surface area contributed by atoms with Crippen molar-refractivity contribution in [3.8, 4) is 101 Å². The molecular formula is C116H70N6O4S. The zero-order chi connectivity index (χ0) is 83.6. The summed E-state index contributed by atoms with van der Waals surface area (Å²) < 4.78 is 32.7. The van der Waals surface area contributed by atoms with Gasteiger partial charge >= 0.3 is 0 Å². The molecule has 10 nitrogen and oxygen atoms in total. The highest BCUT2D eigenvalue weighted by Gasteiger charge is 2.24. The number of nitrogens with zero attached hydrogens (tertiary/aromatic N) is 6. The van der Waals surface area contributed by atoms with E-state index in [1.54, 1.807) is 0 Å². The highest BCUT2D eigenvalue weighted by Crippen LogP contribution is 2.45. The number of benzene rings is 18. The van der Waals surface area contributed by atoms with Crippen LogP contribution in [0.1, 0.15) is 0 Å². The molecule has 0 atom stereocenters. The van der Waals surface area contributed by atoms with Crippen molar-refractivity contribution >= 4 is 163 Å². The van der Waals surface area contributed by atoms with Crippen molar-refractivity contribution < 1.29 is 17.7 Å². The monoisotopic (exact) mass is 1640 g/mol. The lowest BCUT2D eigenvalue weighted by Crippen LogP contribution is -1.96. The van der Waals surface area contributed by atoms with E-state index in [9.17, 15) is 0 Å². The van der Waals surface area contributed by atoms with Gasteiger partial charge in [-0.2, -0.15) is 0 Å². The molecular weight excluding hydrogens is 1570 g/mol. The molecule has 0 aliphatic heterocycles. The molecule has 0 radical (unpaired) electrons.